The highest BCUT2D eigenvalue weighted by molar-refractivity contribution is 5.84. The van der Waals surface area contributed by atoms with Gasteiger partial charge in [-0.05, 0) is 42.7 Å². The van der Waals surface area contributed by atoms with E-state index in [1.807, 2.05) is 24.3 Å². The zero-order valence-electron chi connectivity index (χ0n) is 16.5. The van der Waals surface area contributed by atoms with Gasteiger partial charge in [0.15, 0.2) is 11.5 Å². The van der Waals surface area contributed by atoms with Gasteiger partial charge in [0.1, 0.15) is 5.75 Å². The molecule has 6 heteroatoms. The highest BCUT2D eigenvalue weighted by atomic mass is 16.5. The molecule has 0 saturated carbocycles. The molecule has 0 radical (unpaired) electrons. The summed E-state index contributed by atoms with van der Waals surface area (Å²) in [5, 5.41) is 3.45. The molecule has 0 bridgehead atoms. The fourth-order valence-electron chi connectivity index (χ4n) is 3.98. The molecular weight excluding hydrogens is 356 g/mol. The number of nitrogens with zero attached hydrogens (tertiary/aromatic N) is 1. The van der Waals surface area contributed by atoms with E-state index in [4.69, 9.17) is 14.2 Å². The lowest BCUT2D eigenvalue weighted by Crippen LogP contribution is -2.49. The molecule has 1 saturated heterocycles. The van der Waals surface area contributed by atoms with Crippen molar-refractivity contribution in [3.05, 3.63) is 47.5 Å². The van der Waals surface area contributed by atoms with Crippen LogP contribution < -0.4 is 24.4 Å². The molecule has 2 atom stereocenters. The largest absolute Gasteiger partial charge is 0.493 e. The normalized spacial score (nSPS) is 21.7. The molecule has 2 heterocycles. The number of hydrogen-bond donors (Lipinski definition) is 1. The van der Waals surface area contributed by atoms with Gasteiger partial charge in [0.05, 0.1) is 20.1 Å². The van der Waals surface area contributed by atoms with E-state index in [9.17, 15) is 4.79 Å². The first-order valence-electron chi connectivity index (χ1n) is 9.64. The van der Waals surface area contributed by atoms with Crippen LogP contribution in [0.5, 0.6) is 17.2 Å². The number of methoxy groups -OCH3 is 2. The molecule has 0 aliphatic carbocycles. The Balaban J connectivity index is 1.58. The van der Waals surface area contributed by atoms with Crippen molar-refractivity contribution in [1.29, 1.82) is 0 Å². The maximum atomic E-state index is 12.7. The lowest BCUT2D eigenvalue weighted by atomic mass is 9.89. The van der Waals surface area contributed by atoms with Crippen LogP contribution in [0.1, 0.15) is 24.0 Å². The van der Waals surface area contributed by atoms with Crippen molar-refractivity contribution in [2.75, 3.05) is 38.8 Å². The molecule has 0 amide bonds. The topological polar surface area (TPSA) is 60.0 Å². The summed E-state index contributed by atoms with van der Waals surface area (Å²) in [6.07, 6.45) is 0.613. The van der Waals surface area contributed by atoms with Crippen LogP contribution in [0.4, 0.5) is 5.69 Å². The molecule has 2 aromatic rings. The Morgan fingerprint density at radius 3 is 2.68 bits per heavy atom. The summed E-state index contributed by atoms with van der Waals surface area (Å²) >= 11 is 0. The Morgan fingerprint density at radius 2 is 1.93 bits per heavy atom. The van der Waals surface area contributed by atoms with E-state index >= 15 is 0 Å². The number of ether oxygens (including phenoxy) is 3. The predicted molar refractivity (Wildman–Crippen MR) is 108 cm³/mol. The van der Waals surface area contributed by atoms with Gasteiger partial charge >= 0.3 is 5.97 Å². The van der Waals surface area contributed by atoms with Crippen LogP contribution in [-0.2, 0) is 11.2 Å². The standard InChI is InChI=1S/C22H26N2O4/c1-14-13-24(9-8-23-14)17-6-4-16-10-18(22(25)28-20(16)12-17)15-5-7-19(26-2)21(11-15)27-3/h4-7,11-12,14,18,23H,8-10,13H2,1-3H3/t14-,18?/m0/s1. The van der Waals surface area contributed by atoms with E-state index < -0.39 is 0 Å². The van der Waals surface area contributed by atoms with Crippen LogP contribution in [0.2, 0.25) is 0 Å². The summed E-state index contributed by atoms with van der Waals surface area (Å²) in [7, 11) is 3.19. The van der Waals surface area contributed by atoms with Crippen LogP contribution >= 0.6 is 0 Å². The van der Waals surface area contributed by atoms with E-state index in [2.05, 4.69) is 29.3 Å². The maximum Gasteiger partial charge on any atom is 0.319 e. The van der Waals surface area contributed by atoms with Gasteiger partial charge in [0, 0.05) is 37.4 Å². The van der Waals surface area contributed by atoms with Gasteiger partial charge in [-0.1, -0.05) is 12.1 Å². The van der Waals surface area contributed by atoms with Gasteiger partial charge in [-0.15, -0.1) is 0 Å². The number of hydrogen-bond acceptors (Lipinski definition) is 6. The minimum absolute atomic E-state index is 0.231. The van der Waals surface area contributed by atoms with Crippen molar-refractivity contribution >= 4 is 11.7 Å². The molecule has 28 heavy (non-hydrogen) atoms. The minimum Gasteiger partial charge on any atom is -0.493 e. The number of esters is 1. The number of carbonyl (C=O) groups is 1. The maximum absolute atomic E-state index is 12.7. The Kier molecular flexibility index (Phi) is 5.13. The Hall–Kier alpha value is -2.73. The Bertz CT molecular complexity index is 883. The number of carbonyl (C=O) groups excluding carboxylic acids is 1. The monoisotopic (exact) mass is 382 g/mol. The zero-order chi connectivity index (χ0) is 19.7. The van der Waals surface area contributed by atoms with Crippen molar-refractivity contribution < 1.29 is 19.0 Å². The molecule has 6 nitrogen and oxygen atoms in total. The molecule has 1 unspecified atom stereocenters. The smallest absolute Gasteiger partial charge is 0.319 e. The van der Waals surface area contributed by atoms with Gasteiger partial charge in [-0.25, -0.2) is 0 Å². The zero-order valence-corrected chi connectivity index (χ0v) is 16.5. The van der Waals surface area contributed by atoms with Gasteiger partial charge in [0.25, 0.3) is 0 Å². The average molecular weight is 382 g/mol. The summed E-state index contributed by atoms with van der Waals surface area (Å²) in [6.45, 7) is 5.03. The molecule has 1 N–H and O–H groups in total. The predicted octanol–water partition coefficient (Wildman–Crippen LogP) is 2.75. The molecule has 4 rings (SSSR count). The Labute approximate surface area is 165 Å². The highest BCUT2D eigenvalue weighted by Gasteiger charge is 2.31. The number of rotatable bonds is 4. The van der Waals surface area contributed by atoms with Crippen LogP contribution in [0.3, 0.4) is 0 Å². The van der Waals surface area contributed by atoms with E-state index in [1.165, 1.54) is 0 Å². The molecule has 2 aromatic carbocycles. The van der Waals surface area contributed by atoms with Gasteiger partial charge in [-0.2, -0.15) is 0 Å². The molecule has 2 aliphatic heterocycles. The van der Waals surface area contributed by atoms with Crippen molar-refractivity contribution in [1.82, 2.24) is 5.32 Å². The van der Waals surface area contributed by atoms with Crippen molar-refractivity contribution in [3.63, 3.8) is 0 Å². The first-order chi connectivity index (χ1) is 13.6. The van der Waals surface area contributed by atoms with Crippen molar-refractivity contribution in [3.8, 4) is 17.2 Å². The second-order valence-corrected chi connectivity index (χ2v) is 7.39. The molecule has 0 spiro atoms. The SMILES string of the molecule is COc1ccc(C2Cc3ccc(N4CCN[C@@H](C)C4)cc3OC2=O)cc1OC. The number of piperazine rings is 1. The third-order valence-electron chi connectivity index (χ3n) is 5.51. The van der Waals surface area contributed by atoms with Crippen LogP contribution in [0.15, 0.2) is 36.4 Å². The van der Waals surface area contributed by atoms with E-state index in [0.29, 0.717) is 29.7 Å². The van der Waals surface area contributed by atoms with Crippen molar-refractivity contribution in [2.45, 2.75) is 25.3 Å². The first-order valence-corrected chi connectivity index (χ1v) is 9.64. The average Bonchev–Trinajstić information content (AvgIpc) is 2.72. The molecular formula is C22H26N2O4. The van der Waals surface area contributed by atoms with E-state index in [0.717, 1.165) is 36.4 Å². The van der Waals surface area contributed by atoms with Crippen LogP contribution in [-0.4, -0.2) is 45.9 Å². The summed E-state index contributed by atoms with van der Waals surface area (Å²) in [4.78, 5) is 15.1. The van der Waals surface area contributed by atoms with Gasteiger partial charge in [-0.3, -0.25) is 4.79 Å². The fourth-order valence-corrected chi connectivity index (χ4v) is 3.98. The second-order valence-electron chi connectivity index (χ2n) is 7.39. The minimum atomic E-state index is -0.350. The van der Waals surface area contributed by atoms with Gasteiger partial charge in [0.2, 0.25) is 0 Å². The second kappa shape index (κ2) is 7.72. The Morgan fingerprint density at radius 1 is 1.11 bits per heavy atom. The van der Waals surface area contributed by atoms with Gasteiger partial charge < -0.3 is 24.4 Å². The molecule has 148 valence electrons. The van der Waals surface area contributed by atoms with Crippen molar-refractivity contribution in [2.24, 2.45) is 0 Å². The quantitative estimate of drug-likeness (QED) is 0.648. The lowest BCUT2D eigenvalue weighted by molar-refractivity contribution is -0.137. The summed E-state index contributed by atoms with van der Waals surface area (Å²) in [6, 6.07) is 12.2. The number of anilines is 1. The summed E-state index contributed by atoms with van der Waals surface area (Å²) in [5.74, 6) is 1.35. The fraction of sp³-hybridized carbons (Fsp3) is 0.409. The number of nitrogens with one attached hydrogen (secondary N) is 1. The first kappa shape index (κ1) is 18.6. The lowest BCUT2D eigenvalue weighted by Gasteiger charge is -2.34. The van der Waals surface area contributed by atoms with Crippen LogP contribution in [0.25, 0.3) is 0 Å². The summed E-state index contributed by atoms with van der Waals surface area (Å²) < 4.78 is 16.4. The number of fused-ring (bicyclic) bond motifs is 1. The third-order valence-corrected chi connectivity index (χ3v) is 5.51. The molecule has 1 fully saturated rings. The van der Waals surface area contributed by atoms with Crippen LogP contribution in [0, 0.1) is 0 Å². The number of benzene rings is 2. The van der Waals surface area contributed by atoms with E-state index in [1.54, 1.807) is 14.2 Å². The molecule has 0 aromatic heterocycles. The van der Waals surface area contributed by atoms with E-state index in [-0.39, 0.29) is 11.9 Å². The summed E-state index contributed by atoms with van der Waals surface area (Å²) in [5.41, 5.74) is 3.02. The third kappa shape index (κ3) is 3.52. The highest BCUT2D eigenvalue weighted by Crippen LogP contribution is 2.38. The molecule has 2 aliphatic rings.